The van der Waals surface area contributed by atoms with Crippen molar-refractivity contribution in [1.29, 1.82) is 5.26 Å². The lowest BCUT2D eigenvalue weighted by molar-refractivity contribution is 0.102. The first-order valence-electron chi connectivity index (χ1n) is 6.70. The highest BCUT2D eigenvalue weighted by Crippen LogP contribution is 2.17. The minimum Gasteiger partial charge on any atom is -0.322 e. The Kier molecular flexibility index (Phi) is 3.50. The highest BCUT2D eigenvalue weighted by atomic mass is 16.1. The predicted octanol–water partition coefficient (Wildman–Crippen LogP) is 3.06. The molecule has 106 valence electrons. The van der Waals surface area contributed by atoms with E-state index in [1.165, 1.54) is 0 Å². The van der Waals surface area contributed by atoms with Gasteiger partial charge in [-0.3, -0.25) is 14.8 Å². The van der Waals surface area contributed by atoms with Crippen molar-refractivity contribution in [2.75, 3.05) is 5.32 Å². The van der Waals surface area contributed by atoms with Crippen molar-refractivity contribution in [3.05, 3.63) is 65.6 Å². The lowest BCUT2D eigenvalue weighted by Crippen LogP contribution is -2.14. The average molecular weight is 288 g/mol. The molecule has 0 unspecified atom stereocenters. The van der Waals surface area contributed by atoms with Crippen LogP contribution in [-0.4, -0.2) is 15.9 Å². The number of hydrogen-bond donors (Lipinski definition) is 1. The molecule has 0 aliphatic heterocycles. The first-order valence-corrected chi connectivity index (χ1v) is 6.70. The number of pyridine rings is 2. The van der Waals surface area contributed by atoms with E-state index in [1.807, 2.05) is 12.1 Å². The number of nitrogens with one attached hydrogen (secondary N) is 1. The van der Waals surface area contributed by atoms with Crippen LogP contribution in [0.15, 0.2) is 48.8 Å². The maximum atomic E-state index is 12.4. The van der Waals surface area contributed by atoms with Crippen LogP contribution in [0.1, 0.15) is 21.6 Å². The molecule has 0 fully saturated rings. The van der Waals surface area contributed by atoms with Gasteiger partial charge >= 0.3 is 0 Å². The second-order valence-corrected chi connectivity index (χ2v) is 4.83. The average Bonchev–Trinajstić information content (AvgIpc) is 2.54. The van der Waals surface area contributed by atoms with Crippen molar-refractivity contribution in [3.63, 3.8) is 0 Å². The Morgan fingerprint density at radius 1 is 1.23 bits per heavy atom. The maximum absolute atomic E-state index is 12.4. The highest BCUT2D eigenvalue weighted by molar-refractivity contribution is 6.06. The quantitative estimate of drug-likeness (QED) is 0.786. The number of amides is 1. The third-order valence-corrected chi connectivity index (χ3v) is 3.32. The van der Waals surface area contributed by atoms with E-state index in [-0.39, 0.29) is 5.91 Å². The minimum atomic E-state index is -0.236. The van der Waals surface area contributed by atoms with Gasteiger partial charge in [0.15, 0.2) is 0 Å². The summed E-state index contributed by atoms with van der Waals surface area (Å²) in [6, 6.07) is 12.3. The van der Waals surface area contributed by atoms with Crippen LogP contribution in [0.4, 0.5) is 5.69 Å². The Bertz CT molecular complexity index is 895. The van der Waals surface area contributed by atoms with E-state index >= 15 is 0 Å². The molecular weight excluding hydrogens is 276 g/mol. The van der Waals surface area contributed by atoms with Gasteiger partial charge in [-0.25, -0.2) is 0 Å². The van der Waals surface area contributed by atoms with Gasteiger partial charge in [0.05, 0.1) is 28.4 Å². The molecule has 2 aromatic heterocycles. The van der Waals surface area contributed by atoms with Crippen molar-refractivity contribution in [2.45, 2.75) is 6.92 Å². The SMILES string of the molecule is Cc1nc2ccncc2cc1C(=O)Nc1ccc(C#N)cc1. The largest absolute Gasteiger partial charge is 0.322 e. The number of aromatic nitrogens is 2. The molecule has 0 saturated heterocycles. The van der Waals surface area contributed by atoms with Gasteiger partial charge in [-0.2, -0.15) is 5.26 Å². The molecule has 5 nitrogen and oxygen atoms in total. The number of carbonyl (C=O) groups excluding carboxylic acids is 1. The molecule has 0 saturated carbocycles. The third kappa shape index (κ3) is 2.63. The van der Waals surface area contributed by atoms with Crippen molar-refractivity contribution >= 4 is 22.5 Å². The summed E-state index contributed by atoms with van der Waals surface area (Å²) >= 11 is 0. The molecule has 0 radical (unpaired) electrons. The van der Waals surface area contributed by atoms with Crippen molar-refractivity contribution in [1.82, 2.24) is 9.97 Å². The van der Waals surface area contributed by atoms with E-state index in [1.54, 1.807) is 49.6 Å². The van der Waals surface area contributed by atoms with Crippen molar-refractivity contribution < 1.29 is 4.79 Å². The van der Waals surface area contributed by atoms with Gasteiger partial charge in [0, 0.05) is 23.5 Å². The lowest BCUT2D eigenvalue weighted by Gasteiger charge is -2.08. The van der Waals surface area contributed by atoms with E-state index in [0.29, 0.717) is 22.5 Å². The first kappa shape index (κ1) is 13.7. The number of anilines is 1. The molecular formula is C17H12N4O. The van der Waals surface area contributed by atoms with Gasteiger partial charge in [-0.05, 0) is 43.3 Å². The van der Waals surface area contributed by atoms with Crippen LogP contribution < -0.4 is 5.32 Å². The summed E-state index contributed by atoms with van der Waals surface area (Å²) in [5.41, 5.74) is 3.15. The molecule has 0 atom stereocenters. The summed E-state index contributed by atoms with van der Waals surface area (Å²) < 4.78 is 0. The smallest absolute Gasteiger partial charge is 0.257 e. The van der Waals surface area contributed by atoms with E-state index in [9.17, 15) is 4.79 Å². The molecule has 22 heavy (non-hydrogen) atoms. The molecule has 0 bridgehead atoms. The molecule has 0 aliphatic rings. The van der Waals surface area contributed by atoms with Gasteiger partial charge in [-0.1, -0.05) is 0 Å². The van der Waals surface area contributed by atoms with E-state index in [0.717, 1.165) is 10.9 Å². The predicted molar refractivity (Wildman–Crippen MR) is 83.4 cm³/mol. The molecule has 1 amide bonds. The maximum Gasteiger partial charge on any atom is 0.257 e. The number of nitriles is 1. The summed E-state index contributed by atoms with van der Waals surface area (Å²) in [6.45, 7) is 1.80. The number of benzene rings is 1. The van der Waals surface area contributed by atoms with Gasteiger partial charge in [-0.15, -0.1) is 0 Å². The van der Waals surface area contributed by atoms with Crippen LogP contribution >= 0.6 is 0 Å². The Labute approximate surface area is 127 Å². The summed E-state index contributed by atoms with van der Waals surface area (Å²) in [5.74, 6) is -0.236. The summed E-state index contributed by atoms with van der Waals surface area (Å²) in [5, 5.41) is 12.4. The van der Waals surface area contributed by atoms with Crippen LogP contribution in [0.3, 0.4) is 0 Å². The molecule has 3 aromatic rings. The first-order chi connectivity index (χ1) is 10.7. The number of carbonyl (C=O) groups is 1. The van der Waals surface area contributed by atoms with Crippen LogP contribution in [0.5, 0.6) is 0 Å². The third-order valence-electron chi connectivity index (χ3n) is 3.32. The monoisotopic (exact) mass is 288 g/mol. The Balaban J connectivity index is 1.91. The van der Waals surface area contributed by atoms with Crippen LogP contribution in [0.25, 0.3) is 10.9 Å². The Hall–Kier alpha value is -3.26. The number of nitrogens with zero attached hydrogens (tertiary/aromatic N) is 3. The topological polar surface area (TPSA) is 78.7 Å². The minimum absolute atomic E-state index is 0.236. The van der Waals surface area contributed by atoms with Crippen molar-refractivity contribution in [2.24, 2.45) is 0 Å². The molecule has 3 rings (SSSR count). The summed E-state index contributed by atoms with van der Waals surface area (Å²) in [7, 11) is 0. The Morgan fingerprint density at radius 2 is 2.00 bits per heavy atom. The fraction of sp³-hybridized carbons (Fsp3) is 0.0588. The standard InChI is InChI=1S/C17H12N4O/c1-11-15(8-13-10-19-7-6-16(13)20-11)17(22)21-14-4-2-12(9-18)3-5-14/h2-8,10H,1H3,(H,21,22). The molecule has 1 N–H and O–H groups in total. The van der Waals surface area contributed by atoms with Gasteiger partial charge in [0.1, 0.15) is 0 Å². The highest BCUT2D eigenvalue weighted by Gasteiger charge is 2.12. The number of hydrogen-bond acceptors (Lipinski definition) is 4. The number of fused-ring (bicyclic) bond motifs is 1. The van der Waals surface area contributed by atoms with Crippen LogP contribution in [0, 0.1) is 18.3 Å². The van der Waals surface area contributed by atoms with E-state index in [4.69, 9.17) is 5.26 Å². The van der Waals surface area contributed by atoms with E-state index < -0.39 is 0 Å². The molecule has 0 aliphatic carbocycles. The normalized spacial score (nSPS) is 10.2. The van der Waals surface area contributed by atoms with Crippen LogP contribution in [-0.2, 0) is 0 Å². The number of rotatable bonds is 2. The lowest BCUT2D eigenvalue weighted by atomic mass is 10.1. The zero-order chi connectivity index (χ0) is 15.5. The second-order valence-electron chi connectivity index (χ2n) is 4.83. The summed E-state index contributed by atoms with van der Waals surface area (Å²) in [6.07, 6.45) is 3.35. The molecule has 2 heterocycles. The van der Waals surface area contributed by atoms with Crippen LogP contribution in [0.2, 0.25) is 0 Å². The fourth-order valence-corrected chi connectivity index (χ4v) is 2.17. The van der Waals surface area contributed by atoms with Gasteiger partial charge in [0.2, 0.25) is 0 Å². The molecule has 0 spiro atoms. The zero-order valence-electron chi connectivity index (χ0n) is 11.9. The molecule has 5 heteroatoms. The fourth-order valence-electron chi connectivity index (χ4n) is 2.17. The van der Waals surface area contributed by atoms with Crippen molar-refractivity contribution in [3.8, 4) is 6.07 Å². The van der Waals surface area contributed by atoms with Gasteiger partial charge in [0.25, 0.3) is 5.91 Å². The second kappa shape index (κ2) is 5.62. The Morgan fingerprint density at radius 3 is 2.73 bits per heavy atom. The van der Waals surface area contributed by atoms with Gasteiger partial charge < -0.3 is 5.32 Å². The molecule has 1 aromatic carbocycles. The summed E-state index contributed by atoms with van der Waals surface area (Å²) in [4.78, 5) is 20.9. The zero-order valence-corrected chi connectivity index (χ0v) is 11.9. The number of aryl methyl sites for hydroxylation is 1. The van der Waals surface area contributed by atoms with E-state index in [2.05, 4.69) is 15.3 Å².